The lowest BCUT2D eigenvalue weighted by atomic mass is 10.4. The van der Waals surface area contributed by atoms with Gasteiger partial charge in [0.2, 0.25) is 0 Å². The van der Waals surface area contributed by atoms with E-state index in [0.717, 1.165) is 0 Å². The van der Waals surface area contributed by atoms with Crippen molar-refractivity contribution in [2.45, 2.75) is 19.8 Å². The second kappa shape index (κ2) is 3.87. The zero-order valence-corrected chi connectivity index (χ0v) is 5.48. The predicted octanol–water partition coefficient (Wildman–Crippen LogP) is -0.492. The van der Waals surface area contributed by atoms with Crippen LogP contribution in [0.2, 0.25) is 0 Å². The molecule has 8 heavy (non-hydrogen) atoms. The molecule has 0 aliphatic carbocycles. The van der Waals surface area contributed by atoms with E-state index in [1.54, 1.807) is 4.90 Å². The van der Waals surface area contributed by atoms with Crippen molar-refractivity contribution in [3.63, 3.8) is 0 Å². The molecule has 0 atom stereocenters. The summed E-state index contributed by atoms with van der Waals surface area (Å²) >= 11 is 0. The molecule has 0 aromatic rings. The third-order valence-electron chi connectivity index (χ3n) is 1.81. The summed E-state index contributed by atoms with van der Waals surface area (Å²) in [5.74, 6) is 0. The third-order valence-corrected chi connectivity index (χ3v) is 1.81. The summed E-state index contributed by atoms with van der Waals surface area (Å²) in [4.78, 5) is 1.79. The summed E-state index contributed by atoms with van der Waals surface area (Å²) in [6.45, 7) is 6.45. The lowest BCUT2D eigenvalue weighted by Gasteiger charge is -2.05. The van der Waals surface area contributed by atoms with E-state index in [4.69, 9.17) is 0 Å². The van der Waals surface area contributed by atoms with E-state index in [1.165, 1.54) is 32.5 Å². The molecule has 0 bridgehead atoms. The average Bonchev–Trinajstić information content (AvgIpc) is 2.14. The molecule has 2 nitrogen and oxygen atoms in total. The van der Waals surface area contributed by atoms with E-state index < -0.39 is 0 Å². The van der Waals surface area contributed by atoms with Crippen LogP contribution in [-0.4, -0.2) is 25.1 Å². The van der Waals surface area contributed by atoms with Crippen LogP contribution in [0.1, 0.15) is 19.8 Å². The van der Waals surface area contributed by atoms with Gasteiger partial charge in [0.15, 0.2) is 0 Å². The van der Waals surface area contributed by atoms with Crippen molar-refractivity contribution in [2.75, 3.05) is 19.6 Å². The van der Waals surface area contributed by atoms with Gasteiger partial charge >= 0.3 is 0 Å². The molecule has 50 valence electrons. The number of quaternary nitrogens is 1. The van der Waals surface area contributed by atoms with Gasteiger partial charge in [0.25, 0.3) is 0 Å². The highest BCUT2D eigenvalue weighted by Crippen LogP contribution is 1.85. The number of rotatable bonds is 1. The van der Waals surface area contributed by atoms with Crippen molar-refractivity contribution in [3.05, 3.63) is 0 Å². The average molecular weight is 117 g/mol. The molecule has 1 saturated heterocycles. The molecule has 1 fully saturated rings. The van der Waals surface area contributed by atoms with Gasteiger partial charge in [-0.15, -0.1) is 0 Å². The van der Waals surface area contributed by atoms with Gasteiger partial charge < -0.3 is 10.4 Å². The maximum Gasteiger partial charge on any atom is 0.0773 e. The van der Waals surface area contributed by atoms with E-state index in [0.29, 0.717) is 0 Å². The van der Waals surface area contributed by atoms with Crippen LogP contribution in [0.3, 0.4) is 0 Å². The molecule has 0 saturated carbocycles. The Bertz CT molecular complexity index is 50.5. The first-order valence-corrected chi connectivity index (χ1v) is 3.27. The van der Waals surface area contributed by atoms with Gasteiger partial charge in [-0.05, 0) is 6.92 Å². The molecule has 0 unspecified atom stereocenters. The summed E-state index contributed by atoms with van der Waals surface area (Å²) in [5.41, 5.74) is 0. The number of hydrogen-bond acceptors (Lipinski definition) is 1. The molecule has 1 heterocycles. The van der Waals surface area contributed by atoms with Crippen LogP contribution < -0.4 is 4.90 Å². The highest BCUT2D eigenvalue weighted by molar-refractivity contribution is 4.42. The van der Waals surface area contributed by atoms with Gasteiger partial charge in [-0.3, -0.25) is 0 Å². The smallest absolute Gasteiger partial charge is 0.0773 e. The van der Waals surface area contributed by atoms with Gasteiger partial charge in [-0.1, -0.05) is 0 Å². The normalized spacial score (nSPS) is 20.6. The monoisotopic (exact) mass is 117 g/mol. The fourth-order valence-corrected chi connectivity index (χ4v) is 1.23. The van der Waals surface area contributed by atoms with Crippen molar-refractivity contribution in [1.82, 2.24) is 0 Å². The Kier molecular flexibility index (Phi) is 3.83. The molecule has 0 spiro atoms. The Hall–Kier alpha value is -0.0800. The predicted molar refractivity (Wildman–Crippen MR) is 32.4 cm³/mol. The minimum absolute atomic E-state index is 0. The van der Waals surface area contributed by atoms with Crippen molar-refractivity contribution in [3.8, 4) is 0 Å². The first kappa shape index (κ1) is 7.92. The molecule has 1 rings (SSSR count). The Morgan fingerprint density at radius 2 is 1.75 bits per heavy atom. The van der Waals surface area contributed by atoms with Gasteiger partial charge in [-0.25, -0.2) is 0 Å². The van der Waals surface area contributed by atoms with E-state index in [9.17, 15) is 0 Å². The minimum Gasteiger partial charge on any atom is -0.870 e. The highest BCUT2D eigenvalue weighted by atomic mass is 16.0. The SMILES string of the molecule is CC[NH+]1CCCC1.[OH-]. The number of likely N-dealkylation sites (tertiary alicyclic amines) is 1. The van der Waals surface area contributed by atoms with Crippen molar-refractivity contribution < 1.29 is 10.4 Å². The van der Waals surface area contributed by atoms with E-state index in [-0.39, 0.29) is 5.48 Å². The summed E-state index contributed by atoms with van der Waals surface area (Å²) in [5, 5.41) is 0. The van der Waals surface area contributed by atoms with Crippen LogP contribution in [0.4, 0.5) is 0 Å². The molecule has 0 aromatic carbocycles. The fourth-order valence-electron chi connectivity index (χ4n) is 1.23. The fraction of sp³-hybridized carbons (Fsp3) is 1.00. The van der Waals surface area contributed by atoms with Gasteiger partial charge in [0.1, 0.15) is 0 Å². The lowest BCUT2D eigenvalue weighted by Crippen LogP contribution is -3.09. The van der Waals surface area contributed by atoms with Crippen LogP contribution in [0.5, 0.6) is 0 Å². The molecule has 0 amide bonds. The first-order chi connectivity index (χ1) is 3.43. The molecule has 2 N–H and O–H groups in total. The van der Waals surface area contributed by atoms with Gasteiger partial charge in [0, 0.05) is 12.8 Å². The van der Waals surface area contributed by atoms with E-state index >= 15 is 0 Å². The summed E-state index contributed by atoms with van der Waals surface area (Å²) < 4.78 is 0. The Morgan fingerprint density at radius 3 is 2.00 bits per heavy atom. The molecular weight excluding hydrogens is 102 g/mol. The topological polar surface area (TPSA) is 34.4 Å². The largest absolute Gasteiger partial charge is 0.870 e. The molecule has 0 radical (unpaired) electrons. The van der Waals surface area contributed by atoms with E-state index in [2.05, 4.69) is 6.92 Å². The third kappa shape index (κ3) is 1.80. The number of hydrogen-bond donors (Lipinski definition) is 1. The minimum atomic E-state index is 0. The highest BCUT2D eigenvalue weighted by Gasteiger charge is 2.10. The van der Waals surface area contributed by atoms with Crippen molar-refractivity contribution in [2.24, 2.45) is 0 Å². The summed E-state index contributed by atoms with van der Waals surface area (Å²) in [7, 11) is 0. The van der Waals surface area contributed by atoms with Crippen molar-refractivity contribution in [1.29, 1.82) is 0 Å². The molecule has 1 aliphatic rings. The standard InChI is InChI=1S/C6H13N.H2O/c1-2-7-5-3-4-6-7;/h2-6H2,1H3;1H2. The Morgan fingerprint density at radius 1 is 1.25 bits per heavy atom. The second-order valence-corrected chi connectivity index (χ2v) is 2.31. The molecule has 0 aromatic heterocycles. The molecule has 1 aliphatic heterocycles. The summed E-state index contributed by atoms with van der Waals surface area (Å²) in [6.07, 6.45) is 2.92. The van der Waals surface area contributed by atoms with Crippen LogP contribution >= 0.6 is 0 Å². The zero-order chi connectivity index (χ0) is 5.11. The van der Waals surface area contributed by atoms with Gasteiger partial charge in [0.05, 0.1) is 19.6 Å². The quantitative estimate of drug-likeness (QED) is 0.494. The van der Waals surface area contributed by atoms with Crippen LogP contribution in [0, 0.1) is 0 Å². The van der Waals surface area contributed by atoms with E-state index in [1.807, 2.05) is 0 Å². The Balaban J connectivity index is 0.000000490. The van der Waals surface area contributed by atoms with Gasteiger partial charge in [-0.2, -0.15) is 0 Å². The lowest BCUT2D eigenvalue weighted by molar-refractivity contribution is -0.885. The van der Waals surface area contributed by atoms with Crippen LogP contribution in [0.15, 0.2) is 0 Å². The van der Waals surface area contributed by atoms with Crippen molar-refractivity contribution >= 4 is 0 Å². The zero-order valence-electron chi connectivity index (χ0n) is 5.48. The maximum atomic E-state index is 2.26. The first-order valence-electron chi connectivity index (χ1n) is 3.27. The second-order valence-electron chi connectivity index (χ2n) is 2.31. The van der Waals surface area contributed by atoms with Crippen LogP contribution in [0.25, 0.3) is 0 Å². The number of nitrogens with one attached hydrogen (secondary N) is 1. The molecular formula is C6H15NO. The summed E-state index contributed by atoms with van der Waals surface area (Å²) in [6, 6.07) is 0. The maximum absolute atomic E-state index is 2.26. The Labute approximate surface area is 50.8 Å². The van der Waals surface area contributed by atoms with Crippen LogP contribution in [-0.2, 0) is 0 Å². The molecule has 2 heteroatoms.